The first-order chi connectivity index (χ1) is 8.62. The Morgan fingerprint density at radius 3 is 2.89 bits per heavy atom. The molecule has 1 aliphatic carbocycles. The minimum absolute atomic E-state index is 0.0524. The van der Waals surface area contributed by atoms with Crippen LogP contribution in [0.4, 0.5) is 0 Å². The first-order valence-corrected chi connectivity index (χ1v) is 7.82. The molecule has 4 heteroatoms. The van der Waals surface area contributed by atoms with E-state index in [0.29, 0.717) is 6.04 Å². The van der Waals surface area contributed by atoms with Crippen LogP contribution in [0, 0.1) is 0 Å². The van der Waals surface area contributed by atoms with Crippen LogP contribution in [0.3, 0.4) is 0 Å². The van der Waals surface area contributed by atoms with Gasteiger partial charge in [-0.2, -0.15) is 0 Å². The molecule has 18 heavy (non-hydrogen) atoms. The number of thiazole rings is 1. The summed E-state index contributed by atoms with van der Waals surface area (Å²) in [5.74, 6) is 0. The fourth-order valence-corrected chi connectivity index (χ4v) is 4.58. The van der Waals surface area contributed by atoms with Gasteiger partial charge in [0, 0.05) is 17.5 Å². The van der Waals surface area contributed by atoms with Gasteiger partial charge in [-0.15, -0.1) is 11.3 Å². The zero-order chi connectivity index (χ0) is 12.8. The Hall–Kier alpha value is -0.450. The minimum atomic E-state index is -0.0524. The molecule has 0 saturated carbocycles. The summed E-state index contributed by atoms with van der Waals surface area (Å²) in [6.07, 6.45) is 4.93. The normalized spacial score (nSPS) is 31.2. The van der Waals surface area contributed by atoms with Crippen molar-refractivity contribution in [1.82, 2.24) is 10.3 Å². The molecule has 100 valence electrons. The summed E-state index contributed by atoms with van der Waals surface area (Å²) in [5, 5.41) is 4.99. The Morgan fingerprint density at radius 1 is 1.44 bits per heavy atom. The third kappa shape index (κ3) is 1.91. The number of nitrogens with one attached hydrogen (secondary N) is 1. The van der Waals surface area contributed by atoms with E-state index in [1.54, 1.807) is 0 Å². The van der Waals surface area contributed by atoms with E-state index in [4.69, 9.17) is 9.72 Å². The number of hydrogen-bond acceptors (Lipinski definition) is 4. The molecule has 0 spiro atoms. The summed E-state index contributed by atoms with van der Waals surface area (Å²) >= 11 is 1.91. The summed E-state index contributed by atoms with van der Waals surface area (Å²) in [6.45, 7) is 7.42. The van der Waals surface area contributed by atoms with Gasteiger partial charge >= 0.3 is 0 Å². The summed E-state index contributed by atoms with van der Waals surface area (Å²) in [7, 11) is 0. The van der Waals surface area contributed by atoms with Gasteiger partial charge in [-0.25, -0.2) is 4.98 Å². The molecule has 0 amide bonds. The number of hydrogen-bond donors (Lipinski definition) is 1. The Kier molecular flexibility index (Phi) is 3.20. The van der Waals surface area contributed by atoms with Gasteiger partial charge in [-0.3, -0.25) is 0 Å². The first kappa shape index (κ1) is 12.6. The highest BCUT2D eigenvalue weighted by molar-refractivity contribution is 7.12. The van der Waals surface area contributed by atoms with Crippen molar-refractivity contribution in [2.45, 2.75) is 64.1 Å². The third-order valence-electron chi connectivity index (χ3n) is 4.08. The molecule has 3 nitrogen and oxygen atoms in total. The highest BCUT2D eigenvalue weighted by atomic mass is 32.1. The number of rotatable bonds is 3. The molecule has 0 radical (unpaired) electrons. The van der Waals surface area contributed by atoms with E-state index in [9.17, 15) is 0 Å². The zero-order valence-electron chi connectivity index (χ0n) is 11.5. The highest BCUT2D eigenvalue weighted by Crippen LogP contribution is 2.41. The Balaban J connectivity index is 1.97. The van der Waals surface area contributed by atoms with E-state index < -0.39 is 0 Å². The molecule has 1 aromatic rings. The second kappa shape index (κ2) is 4.58. The first-order valence-electron chi connectivity index (χ1n) is 7.00. The van der Waals surface area contributed by atoms with E-state index in [2.05, 4.69) is 26.1 Å². The number of fused-ring (bicyclic) bond motifs is 1. The maximum Gasteiger partial charge on any atom is 0.116 e. The van der Waals surface area contributed by atoms with Gasteiger partial charge < -0.3 is 10.1 Å². The van der Waals surface area contributed by atoms with Crippen molar-refractivity contribution >= 4 is 11.3 Å². The van der Waals surface area contributed by atoms with Gasteiger partial charge in [0.15, 0.2) is 0 Å². The molecular weight excluding hydrogens is 244 g/mol. The highest BCUT2D eigenvalue weighted by Gasteiger charge is 2.46. The standard InChI is InChI=1S/C14H22N2OS/c1-9(2)16-14(7-8-17-10(14)3)13-15-11-5-4-6-12(11)18-13/h9-10,16H,4-8H2,1-3H3. The van der Waals surface area contributed by atoms with Crippen molar-refractivity contribution in [2.75, 3.05) is 6.61 Å². The fraction of sp³-hybridized carbons (Fsp3) is 0.786. The van der Waals surface area contributed by atoms with Gasteiger partial charge in [0.2, 0.25) is 0 Å². The Bertz CT molecular complexity index is 422. The third-order valence-corrected chi connectivity index (χ3v) is 5.42. The van der Waals surface area contributed by atoms with Crippen molar-refractivity contribution in [1.29, 1.82) is 0 Å². The minimum Gasteiger partial charge on any atom is -0.376 e. The van der Waals surface area contributed by atoms with Crippen molar-refractivity contribution < 1.29 is 4.74 Å². The lowest BCUT2D eigenvalue weighted by Gasteiger charge is -2.33. The van der Waals surface area contributed by atoms with Crippen LogP contribution in [-0.2, 0) is 23.1 Å². The lowest BCUT2D eigenvalue weighted by molar-refractivity contribution is 0.0783. The quantitative estimate of drug-likeness (QED) is 0.913. The SMILES string of the molecule is CC(C)NC1(c2nc3c(s2)CCC3)CCOC1C. The van der Waals surface area contributed by atoms with Crippen molar-refractivity contribution in [3.63, 3.8) is 0 Å². The molecule has 1 aromatic heterocycles. The average molecular weight is 266 g/mol. The molecule has 1 fully saturated rings. The molecule has 2 unspecified atom stereocenters. The van der Waals surface area contributed by atoms with Gasteiger partial charge in [0.1, 0.15) is 5.01 Å². The topological polar surface area (TPSA) is 34.2 Å². The molecule has 1 saturated heterocycles. The molecule has 2 heterocycles. The van der Waals surface area contributed by atoms with Gasteiger partial charge in [-0.1, -0.05) is 0 Å². The van der Waals surface area contributed by atoms with E-state index in [1.165, 1.54) is 34.8 Å². The van der Waals surface area contributed by atoms with E-state index >= 15 is 0 Å². The number of aryl methyl sites for hydroxylation is 2. The van der Waals surface area contributed by atoms with Crippen LogP contribution < -0.4 is 5.32 Å². The van der Waals surface area contributed by atoms with Crippen LogP contribution in [0.2, 0.25) is 0 Å². The lowest BCUT2D eigenvalue weighted by atomic mass is 9.91. The number of aromatic nitrogens is 1. The molecular formula is C14H22N2OS. The van der Waals surface area contributed by atoms with Crippen molar-refractivity contribution in [3.8, 4) is 0 Å². The van der Waals surface area contributed by atoms with Gasteiger partial charge in [-0.05, 0) is 46.5 Å². The van der Waals surface area contributed by atoms with E-state index in [1.807, 2.05) is 11.3 Å². The average Bonchev–Trinajstić information content (AvgIpc) is 2.92. The van der Waals surface area contributed by atoms with Crippen LogP contribution in [0.15, 0.2) is 0 Å². The number of nitrogens with zero attached hydrogens (tertiary/aromatic N) is 1. The summed E-state index contributed by atoms with van der Waals surface area (Å²) in [4.78, 5) is 6.43. The summed E-state index contributed by atoms with van der Waals surface area (Å²) in [5.41, 5.74) is 1.29. The van der Waals surface area contributed by atoms with E-state index in [0.717, 1.165) is 13.0 Å². The predicted molar refractivity (Wildman–Crippen MR) is 74.1 cm³/mol. The van der Waals surface area contributed by atoms with Crippen molar-refractivity contribution in [3.05, 3.63) is 15.6 Å². The van der Waals surface area contributed by atoms with Crippen LogP contribution in [0.5, 0.6) is 0 Å². The van der Waals surface area contributed by atoms with Crippen LogP contribution in [0.25, 0.3) is 0 Å². The monoisotopic (exact) mass is 266 g/mol. The predicted octanol–water partition coefficient (Wildman–Crippen LogP) is 2.63. The molecule has 0 bridgehead atoms. The van der Waals surface area contributed by atoms with Gasteiger partial charge in [0.05, 0.1) is 17.3 Å². The summed E-state index contributed by atoms with van der Waals surface area (Å²) < 4.78 is 5.83. The van der Waals surface area contributed by atoms with Gasteiger partial charge in [0.25, 0.3) is 0 Å². The van der Waals surface area contributed by atoms with Crippen LogP contribution >= 0.6 is 11.3 Å². The second-order valence-electron chi connectivity index (χ2n) is 5.78. The second-order valence-corrected chi connectivity index (χ2v) is 6.86. The molecule has 2 aliphatic rings. The summed E-state index contributed by atoms with van der Waals surface area (Å²) in [6, 6.07) is 0.452. The zero-order valence-corrected chi connectivity index (χ0v) is 12.3. The Morgan fingerprint density at radius 2 is 2.28 bits per heavy atom. The smallest absolute Gasteiger partial charge is 0.116 e. The molecule has 3 rings (SSSR count). The van der Waals surface area contributed by atoms with Crippen LogP contribution in [0.1, 0.15) is 49.2 Å². The maximum atomic E-state index is 5.83. The molecule has 0 aromatic carbocycles. The lowest BCUT2D eigenvalue weighted by Crippen LogP contribution is -2.50. The Labute approximate surface area is 113 Å². The largest absolute Gasteiger partial charge is 0.376 e. The van der Waals surface area contributed by atoms with E-state index in [-0.39, 0.29) is 11.6 Å². The van der Waals surface area contributed by atoms with Crippen LogP contribution in [-0.4, -0.2) is 23.7 Å². The molecule has 2 atom stereocenters. The molecule has 1 aliphatic heterocycles. The molecule has 1 N–H and O–H groups in total. The number of ether oxygens (including phenoxy) is 1. The maximum absolute atomic E-state index is 5.83. The van der Waals surface area contributed by atoms with Crippen molar-refractivity contribution in [2.24, 2.45) is 0 Å². The fourth-order valence-electron chi connectivity index (χ4n) is 3.17.